The van der Waals surface area contributed by atoms with E-state index in [1.807, 2.05) is 36.4 Å². The van der Waals surface area contributed by atoms with E-state index in [-0.39, 0.29) is 5.78 Å². The topological polar surface area (TPSA) is 41.1 Å². The largest absolute Gasteiger partial charge is 0.358 e. The van der Waals surface area contributed by atoms with Crippen molar-refractivity contribution in [1.29, 1.82) is 0 Å². The van der Waals surface area contributed by atoms with Crippen LogP contribution in [-0.4, -0.2) is 10.9 Å². The summed E-state index contributed by atoms with van der Waals surface area (Å²) in [5.41, 5.74) is 2.49. The van der Waals surface area contributed by atoms with Gasteiger partial charge in [-0.2, -0.15) is 0 Å². The predicted octanol–water partition coefficient (Wildman–Crippen LogP) is 4.03. The molecule has 21 heavy (non-hydrogen) atoms. The van der Waals surface area contributed by atoms with E-state index >= 15 is 0 Å². The Kier molecular flexibility index (Phi) is 5.31. The number of nitrogens with one attached hydrogen (secondary N) is 2. The highest BCUT2D eigenvalue weighted by atomic mass is 35.5. The van der Waals surface area contributed by atoms with Gasteiger partial charge in [-0.3, -0.25) is 4.79 Å². The normalized spacial score (nSPS) is 10.0. The molecule has 0 aliphatic carbocycles. The van der Waals surface area contributed by atoms with Gasteiger partial charge in [-0.25, -0.2) is 0 Å². The molecule has 0 fully saturated rings. The fraction of sp³-hybridized carbons (Fsp3) is 0.125. The number of Topliss-reactive ketones (excluding diaryl/α,β-unsaturated/α-hetero) is 1. The zero-order valence-electron chi connectivity index (χ0n) is 11.5. The maximum absolute atomic E-state index is 11.2. The highest BCUT2D eigenvalue weighted by Crippen LogP contribution is 2.14. The molecule has 0 saturated carbocycles. The molecule has 108 valence electrons. The number of hydrogen-bond donors (Lipinski definition) is 2. The minimum atomic E-state index is 0.0426. The van der Waals surface area contributed by atoms with Gasteiger partial charge in [-0.15, -0.1) is 0 Å². The van der Waals surface area contributed by atoms with Gasteiger partial charge in [0.15, 0.2) is 10.9 Å². The van der Waals surface area contributed by atoms with Crippen LogP contribution in [0.3, 0.4) is 0 Å². The van der Waals surface area contributed by atoms with Crippen LogP contribution in [0.15, 0.2) is 48.5 Å². The maximum atomic E-state index is 11.2. The van der Waals surface area contributed by atoms with Crippen molar-refractivity contribution in [2.24, 2.45) is 0 Å². The lowest BCUT2D eigenvalue weighted by Gasteiger charge is -2.11. The van der Waals surface area contributed by atoms with Gasteiger partial charge in [0.1, 0.15) is 0 Å². The van der Waals surface area contributed by atoms with Crippen LogP contribution in [0.2, 0.25) is 5.02 Å². The number of hydrogen-bond acceptors (Lipinski definition) is 2. The number of rotatable bonds is 4. The second kappa shape index (κ2) is 7.20. The highest BCUT2D eigenvalue weighted by Gasteiger charge is 2.02. The van der Waals surface area contributed by atoms with E-state index in [4.69, 9.17) is 23.8 Å². The van der Waals surface area contributed by atoms with Crippen molar-refractivity contribution >= 4 is 40.4 Å². The molecule has 3 nitrogen and oxygen atoms in total. The standard InChI is InChI=1S/C16H15ClN2OS/c1-11(20)12-6-8-14(9-7-12)19-16(21)18-10-13-4-2-3-5-15(13)17/h2-9H,10H2,1H3,(H2,18,19,21). The van der Waals surface area contributed by atoms with Gasteiger partial charge in [-0.1, -0.05) is 29.8 Å². The van der Waals surface area contributed by atoms with Crippen LogP contribution >= 0.6 is 23.8 Å². The minimum absolute atomic E-state index is 0.0426. The highest BCUT2D eigenvalue weighted by molar-refractivity contribution is 7.80. The van der Waals surface area contributed by atoms with Crippen LogP contribution < -0.4 is 10.6 Å². The third-order valence-corrected chi connectivity index (χ3v) is 3.56. The van der Waals surface area contributed by atoms with E-state index in [1.165, 1.54) is 6.92 Å². The first kappa shape index (κ1) is 15.5. The SMILES string of the molecule is CC(=O)c1ccc(NC(=S)NCc2ccccc2Cl)cc1. The fourth-order valence-corrected chi connectivity index (χ4v) is 2.17. The summed E-state index contributed by atoms with van der Waals surface area (Å²) in [6.07, 6.45) is 0. The van der Waals surface area contributed by atoms with Crippen LogP contribution in [0.25, 0.3) is 0 Å². The van der Waals surface area contributed by atoms with Crippen molar-refractivity contribution in [2.45, 2.75) is 13.5 Å². The average Bonchev–Trinajstić information content (AvgIpc) is 2.47. The van der Waals surface area contributed by atoms with Crippen molar-refractivity contribution in [2.75, 3.05) is 5.32 Å². The number of halogens is 1. The summed E-state index contributed by atoms with van der Waals surface area (Å²) in [7, 11) is 0. The smallest absolute Gasteiger partial charge is 0.171 e. The number of ketones is 1. The van der Waals surface area contributed by atoms with Gasteiger partial charge in [0.2, 0.25) is 0 Å². The second-order valence-corrected chi connectivity index (χ2v) is 5.35. The van der Waals surface area contributed by atoms with E-state index in [0.29, 0.717) is 22.2 Å². The molecule has 2 aromatic rings. The first-order valence-electron chi connectivity index (χ1n) is 6.45. The molecule has 0 bridgehead atoms. The van der Waals surface area contributed by atoms with Crippen LogP contribution in [0.5, 0.6) is 0 Å². The summed E-state index contributed by atoms with van der Waals surface area (Å²) >= 11 is 11.3. The first-order valence-corrected chi connectivity index (χ1v) is 7.24. The molecule has 5 heteroatoms. The Morgan fingerprint density at radius 3 is 2.43 bits per heavy atom. The Morgan fingerprint density at radius 2 is 1.81 bits per heavy atom. The lowest BCUT2D eigenvalue weighted by Crippen LogP contribution is -2.27. The molecule has 0 saturated heterocycles. The van der Waals surface area contributed by atoms with Crippen molar-refractivity contribution in [3.8, 4) is 0 Å². The maximum Gasteiger partial charge on any atom is 0.171 e. The van der Waals surface area contributed by atoms with E-state index < -0.39 is 0 Å². The van der Waals surface area contributed by atoms with Crippen molar-refractivity contribution in [1.82, 2.24) is 5.32 Å². The number of benzene rings is 2. The van der Waals surface area contributed by atoms with Gasteiger partial charge in [0.05, 0.1) is 0 Å². The molecule has 0 spiro atoms. The molecule has 2 rings (SSSR count). The van der Waals surface area contributed by atoms with Gasteiger partial charge >= 0.3 is 0 Å². The predicted molar refractivity (Wildman–Crippen MR) is 91.0 cm³/mol. The summed E-state index contributed by atoms with van der Waals surface area (Å²) in [4.78, 5) is 11.2. The molecule has 0 atom stereocenters. The Bertz CT molecular complexity index is 656. The zero-order valence-corrected chi connectivity index (χ0v) is 13.1. The van der Waals surface area contributed by atoms with Crippen molar-refractivity contribution in [3.05, 3.63) is 64.7 Å². The van der Waals surface area contributed by atoms with Crippen LogP contribution in [0, 0.1) is 0 Å². The quantitative estimate of drug-likeness (QED) is 0.659. The van der Waals surface area contributed by atoms with E-state index in [9.17, 15) is 4.79 Å². The Labute approximate surface area is 134 Å². The second-order valence-electron chi connectivity index (χ2n) is 4.53. The number of thiocarbonyl (C=S) groups is 1. The summed E-state index contributed by atoms with van der Waals surface area (Å²) in [6, 6.07) is 14.8. The summed E-state index contributed by atoms with van der Waals surface area (Å²) in [5.74, 6) is 0.0426. The molecule has 0 aliphatic rings. The monoisotopic (exact) mass is 318 g/mol. The van der Waals surface area contributed by atoms with E-state index in [1.54, 1.807) is 12.1 Å². The van der Waals surface area contributed by atoms with Crippen LogP contribution in [0.1, 0.15) is 22.8 Å². The van der Waals surface area contributed by atoms with Gasteiger partial charge < -0.3 is 10.6 Å². The number of anilines is 1. The van der Waals surface area contributed by atoms with E-state index in [2.05, 4.69) is 10.6 Å². The Morgan fingerprint density at radius 1 is 1.14 bits per heavy atom. The van der Waals surface area contributed by atoms with Gasteiger partial charge in [-0.05, 0) is 55.0 Å². The summed E-state index contributed by atoms with van der Waals surface area (Å²) < 4.78 is 0. The summed E-state index contributed by atoms with van der Waals surface area (Å²) in [6.45, 7) is 2.09. The molecular weight excluding hydrogens is 304 g/mol. The Balaban J connectivity index is 1.90. The van der Waals surface area contributed by atoms with E-state index in [0.717, 1.165) is 11.3 Å². The number of carbonyl (C=O) groups excluding carboxylic acids is 1. The zero-order chi connectivity index (χ0) is 15.2. The number of carbonyl (C=O) groups is 1. The molecule has 0 heterocycles. The molecule has 0 aliphatic heterocycles. The molecule has 0 unspecified atom stereocenters. The lowest BCUT2D eigenvalue weighted by molar-refractivity contribution is 0.101. The van der Waals surface area contributed by atoms with Gasteiger partial charge in [0.25, 0.3) is 0 Å². The Hall–Kier alpha value is -1.91. The molecule has 2 aromatic carbocycles. The van der Waals surface area contributed by atoms with Crippen LogP contribution in [0.4, 0.5) is 5.69 Å². The third kappa shape index (κ3) is 4.55. The third-order valence-electron chi connectivity index (χ3n) is 2.95. The summed E-state index contributed by atoms with van der Waals surface area (Å²) in [5, 5.41) is 7.37. The molecule has 0 amide bonds. The first-order chi connectivity index (χ1) is 10.1. The minimum Gasteiger partial charge on any atom is -0.358 e. The van der Waals surface area contributed by atoms with Crippen LogP contribution in [-0.2, 0) is 6.54 Å². The van der Waals surface area contributed by atoms with Gasteiger partial charge in [0, 0.05) is 22.8 Å². The molecule has 2 N–H and O–H groups in total. The molecule has 0 radical (unpaired) electrons. The average molecular weight is 319 g/mol. The van der Waals surface area contributed by atoms with Crippen molar-refractivity contribution < 1.29 is 4.79 Å². The lowest BCUT2D eigenvalue weighted by atomic mass is 10.1. The molecular formula is C16H15ClN2OS. The molecule has 0 aromatic heterocycles. The fourth-order valence-electron chi connectivity index (χ4n) is 1.78. The van der Waals surface area contributed by atoms with Crippen molar-refractivity contribution in [3.63, 3.8) is 0 Å².